The largest absolute Gasteiger partial charge is 0.478 e. The van der Waals surface area contributed by atoms with Crippen molar-refractivity contribution in [1.82, 2.24) is 9.55 Å². The second-order valence-corrected chi connectivity index (χ2v) is 4.48. The first-order valence-corrected chi connectivity index (χ1v) is 6.39. The van der Waals surface area contributed by atoms with E-state index in [0.29, 0.717) is 5.69 Å². The van der Waals surface area contributed by atoms with Gasteiger partial charge in [-0.05, 0) is 24.3 Å². The highest BCUT2D eigenvalue weighted by Crippen LogP contribution is 2.09. The summed E-state index contributed by atoms with van der Waals surface area (Å²) in [6.45, 7) is 0.120. The van der Waals surface area contributed by atoms with Crippen LogP contribution in [0.2, 0.25) is 0 Å². The Bertz CT molecular complexity index is 804. The number of hydrogen-bond donors (Lipinski definition) is 3. The van der Waals surface area contributed by atoms with Crippen molar-refractivity contribution in [3.8, 4) is 0 Å². The first kappa shape index (κ1) is 15.2. The number of nitrogens with zero attached hydrogens (tertiary/aromatic N) is 1. The van der Waals surface area contributed by atoms with Gasteiger partial charge < -0.3 is 15.0 Å². The maximum Gasteiger partial charge on any atom is 0.335 e. The van der Waals surface area contributed by atoms with Crippen LogP contribution in [0.3, 0.4) is 0 Å². The number of nitrogens with one attached hydrogen (secondary N) is 2. The molecule has 22 heavy (non-hydrogen) atoms. The van der Waals surface area contributed by atoms with E-state index in [1.807, 2.05) is 0 Å². The zero-order valence-corrected chi connectivity index (χ0v) is 11.4. The molecule has 8 nitrogen and oxygen atoms in total. The van der Waals surface area contributed by atoms with Crippen molar-refractivity contribution in [2.24, 2.45) is 0 Å². The lowest BCUT2D eigenvalue weighted by Gasteiger charge is -2.07. The number of aryl methyl sites for hydroxylation is 1. The Balaban J connectivity index is 1.94. The highest BCUT2D eigenvalue weighted by molar-refractivity contribution is 5.92. The quantitative estimate of drug-likeness (QED) is 0.731. The van der Waals surface area contributed by atoms with E-state index >= 15 is 0 Å². The maximum absolute atomic E-state index is 11.8. The van der Waals surface area contributed by atoms with Crippen molar-refractivity contribution in [3.05, 3.63) is 62.9 Å². The number of anilines is 1. The number of aromatic carboxylic acids is 1. The minimum Gasteiger partial charge on any atom is -0.478 e. The minimum absolute atomic E-state index is 0.0344. The second kappa shape index (κ2) is 6.53. The first-order chi connectivity index (χ1) is 10.5. The van der Waals surface area contributed by atoms with Gasteiger partial charge in [-0.15, -0.1) is 0 Å². The predicted octanol–water partition coefficient (Wildman–Crippen LogP) is 0.264. The van der Waals surface area contributed by atoms with Crippen LogP contribution in [-0.2, 0) is 11.3 Å². The number of amides is 1. The van der Waals surface area contributed by atoms with Crippen LogP contribution in [0.25, 0.3) is 0 Å². The number of aromatic amines is 1. The number of aromatic nitrogens is 2. The standard InChI is InChI=1S/C14H13N3O5/c18-11(5-7-17-8-6-12(19)16-14(17)22)15-10-3-1-9(2-4-10)13(20)21/h1-4,6,8H,5,7H2,(H,15,18)(H,20,21)(H,16,19,22). The van der Waals surface area contributed by atoms with Crippen LogP contribution >= 0.6 is 0 Å². The topological polar surface area (TPSA) is 121 Å². The van der Waals surface area contributed by atoms with Gasteiger partial charge in [0.15, 0.2) is 0 Å². The molecule has 2 aromatic rings. The smallest absolute Gasteiger partial charge is 0.335 e. The molecule has 0 aliphatic carbocycles. The van der Waals surface area contributed by atoms with Crippen LogP contribution in [0.4, 0.5) is 5.69 Å². The SMILES string of the molecule is O=C(CCn1ccc(=O)[nH]c1=O)Nc1ccc(C(=O)O)cc1. The van der Waals surface area contributed by atoms with Gasteiger partial charge in [-0.3, -0.25) is 14.6 Å². The molecule has 0 bridgehead atoms. The summed E-state index contributed by atoms with van der Waals surface area (Å²) < 4.78 is 1.22. The Morgan fingerprint density at radius 1 is 1.14 bits per heavy atom. The Labute approximate surface area is 124 Å². The average Bonchev–Trinajstić information content (AvgIpc) is 2.47. The summed E-state index contributed by atoms with van der Waals surface area (Å²) in [5.74, 6) is -1.38. The van der Waals surface area contributed by atoms with E-state index in [2.05, 4.69) is 10.3 Å². The number of carboxylic acid groups (broad SMARTS) is 1. The highest BCUT2D eigenvalue weighted by Gasteiger charge is 2.06. The van der Waals surface area contributed by atoms with Crippen LogP contribution in [0, 0.1) is 0 Å². The molecular formula is C14H13N3O5. The molecule has 0 aliphatic rings. The molecule has 0 unspecified atom stereocenters. The van der Waals surface area contributed by atoms with Crippen LogP contribution in [0.15, 0.2) is 46.1 Å². The van der Waals surface area contributed by atoms with Gasteiger partial charge in [0.2, 0.25) is 5.91 Å². The summed E-state index contributed by atoms with van der Waals surface area (Å²) >= 11 is 0. The van der Waals surface area contributed by atoms with E-state index < -0.39 is 17.2 Å². The summed E-state index contributed by atoms with van der Waals surface area (Å²) in [6.07, 6.45) is 1.35. The van der Waals surface area contributed by atoms with E-state index in [0.717, 1.165) is 0 Å². The molecule has 3 N–H and O–H groups in total. The molecule has 0 radical (unpaired) electrons. The van der Waals surface area contributed by atoms with Crippen molar-refractivity contribution >= 4 is 17.6 Å². The van der Waals surface area contributed by atoms with Crippen LogP contribution in [0.5, 0.6) is 0 Å². The summed E-state index contributed by atoms with van der Waals surface area (Å²) in [6, 6.07) is 6.92. The monoisotopic (exact) mass is 303 g/mol. The molecule has 1 aromatic heterocycles. The van der Waals surface area contributed by atoms with E-state index in [9.17, 15) is 19.2 Å². The normalized spacial score (nSPS) is 10.2. The second-order valence-electron chi connectivity index (χ2n) is 4.48. The van der Waals surface area contributed by atoms with Gasteiger partial charge in [0.05, 0.1) is 5.56 Å². The average molecular weight is 303 g/mol. The number of carboxylic acids is 1. The van der Waals surface area contributed by atoms with E-state index in [1.54, 1.807) is 0 Å². The van der Waals surface area contributed by atoms with Crippen molar-refractivity contribution in [2.45, 2.75) is 13.0 Å². The molecule has 0 fully saturated rings. The van der Waals surface area contributed by atoms with E-state index in [1.165, 1.54) is 41.1 Å². The van der Waals surface area contributed by atoms with Gasteiger partial charge >= 0.3 is 11.7 Å². The van der Waals surface area contributed by atoms with Crippen molar-refractivity contribution < 1.29 is 14.7 Å². The third-order valence-corrected chi connectivity index (χ3v) is 2.89. The fourth-order valence-electron chi connectivity index (χ4n) is 1.76. The molecule has 0 saturated carbocycles. The highest BCUT2D eigenvalue weighted by atomic mass is 16.4. The fourth-order valence-corrected chi connectivity index (χ4v) is 1.76. The number of hydrogen-bond acceptors (Lipinski definition) is 4. The van der Waals surface area contributed by atoms with E-state index in [4.69, 9.17) is 5.11 Å². The maximum atomic E-state index is 11.8. The van der Waals surface area contributed by atoms with E-state index in [-0.39, 0.29) is 24.4 Å². The summed E-state index contributed by atoms with van der Waals surface area (Å²) in [5.41, 5.74) is -0.489. The molecule has 0 spiro atoms. The lowest BCUT2D eigenvalue weighted by molar-refractivity contribution is -0.116. The molecular weight excluding hydrogens is 290 g/mol. The zero-order chi connectivity index (χ0) is 16.1. The molecule has 1 amide bonds. The van der Waals surface area contributed by atoms with Crippen LogP contribution < -0.4 is 16.6 Å². The Morgan fingerprint density at radius 2 is 1.82 bits per heavy atom. The molecule has 0 aliphatic heterocycles. The summed E-state index contributed by atoms with van der Waals surface area (Å²) in [4.78, 5) is 46.9. The Hall–Kier alpha value is -3.16. The number of H-pyrrole nitrogens is 1. The molecule has 0 saturated heterocycles. The van der Waals surface area contributed by atoms with Gasteiger partial charge in [-0.25, -0.2) is 9.59 Å². The lowest BCUT2D eigenvalue weighted by atomic mass is 10.2. The number of benzene rings is 1. The lowest BCUT2D eigenvalue weighted by Crippen LogP contribution is -2.29. The number of carbonyl (C=O) groups is 2. The van der Waals surface area contributed by atoms with Gasteiger partial charge in [0.1, 0.15) is 0 Å². The molecule has 1 heterocycles. The van der Waals surface area contributed by atoms with Gasteiger partial charge in [0.25, 0.3) is 5.56 Å². The Kier molecular flexibility index (Phi) is 4.52. The molecule has 0 atom stereocenters. The first-order valence-electron chi connectivity index (χ1n) is 6.39. The molecule has 8 heteroatoms. The zero-order valence-electron chi connectivity index (χ0n) is 11.4. The third-order valence-electron chi connectivity index (χ3n) is 2.89. The fraction of sp³-hybridized carbons (Fsp3) is 0.143. The molecule has 1 aromatic carbocycles. The van der Waals surface area contributed by atoms with Crippen molar-refractivity contribution in [2.75, 3.05) is 5.32 Å². The molecule has 2 rings (SSSR count). The van der Waals surface area contributed by atoms with Gasteiger partial charge in [0, 0.05) is 30.9 Å². The number of rotatable bonds is 5. The number of carbonyl (C=O) groups excluding carboxylic acids is 1. The molecule has 114 valence electrons. The minimum atomic E-state index is -1.05. The van der Waals surface area contributed by atoms with Crippen LogP contribution in [-0.4, -0.2) is 26.5 Å². The third kappa shape index (κ3) is 3.92. The summed E-state index contributed by atoms with van der Waals surface area (Å²) in [5, 5.41) is 11.4. The predicted molar refractivity (Wildman–Crippen MR) is 78.0 cm³/mol. The van der Waals surface area contributed by atoms with Gasteiger partial charge in [-0.2, -0.15) is 0 Å². The summed E-state index contributed by atoms with van der Waals surface area (Å²) in [7, 11) is 0. The van der Waals surface area contributed by atoms with Crippen molar-refractivity contribution in [1.29, 1.82) is 0 Å². The van der Waals surface area contributed by atoms with Gasteiger partial charge in [-0.1, -0.05) is 0 Å². The Morgan fingerprint density at radius 3 is 2.41 bits per heavy atom. The van der Waals surface area contributed by atoms with Crippen LogP contribution in [0.1, 0.15) is 16.8 Å². The van der Waals surface area contributed by atoms with Crippen molar-refractivity contribution in [3.63, 3.8) is 0 Å².